The molecule has 4 rings (SSSR count). The number of benzene rings is 1. The fourth-order valence-corrected chi connectivity index (χ4v) is 3.51. The third-order valence-corrected chi connectivity index (χ3v) is 5.09. The number of carbonyl (C=O) groups excluding carboxylic acids is 1. The quantitative estimate of drug-likeness (QED) is 0.773. The summed E-state index contributed by atoms with van der Waals surface area (Å²) in [5, 5.41) is 15.8. The van der Waals surface area contributed by atoms with E-state index >= 15 is 0 Å². The van der Waals surface area contributed by atoms with E-state index in [9.17, 15) is 4.79 Å². The predicted molar refractivity (Wildman–Crippen MR) is 101 cm³/mol. The van der Waals surface area contributed by atoms with Crippen molar-refractivity contribution in [2.45, 2.75) is 33.1 Å². The zero-order valence-electron chi connectivity index (χ0n) is 15.8. The van der Waals surface area contributed by atoms with Crippen LogP contribution in [0.1, 0.15) is 40.3 Å². The van der Waals surface area contributed by atoms with Gasteiger partial charge >= 0.3 is 0 Å². The van der Waals surface area contributed by atoms with E-state index < -0.39 is 0 Å². The first-order valence-corrected chi connectivity index (χ1v) is 8.82. The number of carbonyl (C=O) groups is 1. The van der Waals surface area contributed by atoms with Crippen LogP contribution >= 0.6 is 0 Å². The number of nitrogens with zero attached hydrogens (tertiary/aromatic N) is 4. The summed E-state index contributed by atoms with van der Waals surface area (Å²) in [6.45, 7) is 6.13. The number of rotatable bonds is 3. The number of ether oxygens (including phenoxy) is 1. The molecule has 27 heavy (non-hydrogen) atoms. The number of hydrogen-bond donors (Lipinski definition) is 1. The molecule has 3 heterocycles. The molecule has 0 aliphatic carbocycles. The molecule has 0 spiro atoms. The fraction of sp³-hybridized carbons (Fsp3) is 0.300. The molecule has 1 unspecified atom stereocenters. The molecule has 7 heteroatoms. The molecule has 0 fully saturated rings. The SMILES string of the molecule is COc1ccc(-n2nc(C)c3c2NC(=O)CC3c2ccc(C)c(C)c2)nn1. The number of methoxy groups -OCH3 is 1. The van der Waals surface area contributed by atoms with Gasteiger partial charge in [-0.05, 0) is 43.5 Å². The van der Waals surface area contributed by atoms with Gasteiger partial charge in [0.2, 0.25) is 11.8 Å². The Morgan fingerprint density at radius 3 is 2.59 bits per heavy atom. The van der Waals surface area contributed by atoms with Crippen LogP contribution in [0.5, 0.6) is 5.88 Å². The molecule has 1 N–H and O–H groups in total. The minimum Gasteiger partial charge on any atom is -0.480 e. The molecule has 0 bridgehead atoms. The van der Waals surface area contributed by atoms with E-state index in [0.29, 0.717) is 23.9 Å². The number of anilines is 1. The Morgan fingerprint density at radius 2 is 1.93 bits per heavy atom. The van der Waals surface area contributed by atoms with Gasteiger partial charge < -0.3 is 10.1 Å². The van der Waals surface area contributed by atoms with Crippen molar-refractivity contribution in [1.29, 1.82) is 0 Å². The summed E-state index contributed by atoms with van der Waals surface area (Å²) in [6, 6.07) is 9.85. The lowest BCUT2D eigenvalue weighted by molar-refractivity contribution is -0.116. The second-order valence-electron chi connectivity index (χ2n) is 6.84. The monoisotopic (exact) mass is 363 g/mol. The molecule has 2 aromatic heterocycles. The summed E-state index contributed by atoms with van der Waals surface area (Å²) < 4.78 is 6.70. The zero-order chi connectivity index (χ0) is 19.1. The van der Waals surface area contributed by atoms with E-state index in [4.69, 9.17) is 4.74 Å². The zero-order valence-corrected chi connectivity index (χ0v) is 15.8. The van der Waals surface area contributed by atoms with Crippen LogP contribution in [0.25, 0.3) is 5.82 Å². The van der Waals surface area contributed by atoms with Crippen molar-refractivity contribution >= 4 is 11.7 Å². The van der Waals surface area contributed by atoms with Gasteiger partial charge in [-0.3, -0.25) is 4.79 Å². The minimum absolute atomic E-state index is 0.0339. The number of aryl methyl sites for hydroxylation is 3. The lowest BCUT2D eigenvalue weighted by Gasteiger charge is -2.24. The first kappa shape index (κ1) is 17.2. The highest BCUT2D eigenvalue weighted by Crippen LogP contribution is 2.40. The third-order valence-electron chi connectivity index (χ3n) is 5.09. The van der Waals surface area contributed by atoms with Gasteiger partial charge in [0.15, 0.2) is 5.82 Å². The highest BCUT2D eigenvalue weighted by molar-refractivity contribution is 5.95. The van der Waals surface area contributed by atoms with Crippen LogP contribution in [0.4, 0.5) is 5.82 Å². The highest BCUT2D eigenvalue weighted by atomic mass is 16.5. The van der Waals surface area contributed by atoms with Crippen molar-refractivity contribution in [3.05, 3.63) is 58.3 Å². The maximum absolute atomic E-state index is 12.4. The molecule has 1 aromatic carbocycles. The van der Waals surface area contributed by atoms with Gasteiger partial charge in [-0.2, -0.15) is 9.78 Å². The van der Waals surface area contributed by atoms with Crippen molar-refractivity contribution in [2.24, 2.45) is 0 Å². The third kappa shape index (κ3) is 2.95. The average molecular weight is 363 g/mol. The summed E-state index contributed by atoms with van der Waals surface area (Å²) in [6.07, 6.45) is 0.399. The summed E-state index contributed by atoms with van der Waals surface area (Å²) in [7, 11) is 1.54. The van der Waals surface area contributed by atoms with E-state index in [1.54, 1.807) is 16.8 Å². The Morgan fingerprint density at radius 1 is 1.11 bits per heavy atom. The fourth-order valence-electron chi connectivity index (χ4n) is 3.51. The highest BCUT2D eigenvalue weighted by Gasteiger charge is 2.33. The largest absolute Gasteiger partial charge is 0.480 e. The molecule has 1 aliphatic heterocycles. The van der Waals surface area contributed by atoms with Crippen molar-refractivity contribution < 1.29 is 9.53 Å². The van der Waals surface area contributed by atoms with Crippen molar-refractivity contribution in [3.63, 3.8) is 0 Å². The smallest absolute Gasteiger partial charge is 0.233 e. The summed E-state index contributed by atoms with van der Waals surface area (Å²) in [5.74, 6) is 1.54. The first-order valence-electron chi connectivity index (χ1n) is 8.82. The Kier molecular flexibility index (Phi) is 4.14. The van der Waals surface area contributed by atoms with E-state index in [-0.39, 0.29) is 11.8 Å². The normalized spacial score (nSPS) is 16.0. The Hall–Kier alpha value is -3.22. The van der Waals surface area contributed by atoms with E-state index in [1.807, 2.05) is 6.92 Å². The summed E-state index contributed by atoms with van der Waals surface area (Å²) >= 11 is 0. The standard InChI is InChI=1S/C20H21N5O2/c1-11-5-6-14(9-12(11)2)15-10-17(26)21-20-19(15)13(3)24-25(20)16-7-8-18(27-4)23-22-16/h5-9,15H,10H2,1-4H3,(H,21,26). The van der Waals surface area contributed by atoms with Crippen molar-refractivity contribution in [3.8, 4) is 11.7 Å². The van der Waals surface area contributed by atoms with E-state index in [1.165, 1.54) is 18.2 Å². The van der Waals surface area contributed by atoms with Crippen LogP contribution in [0.2, 0.25) is 0 Å². The van der Waals surface area contributed by atoms with Crippen molar-refractivity contribution in [2.75, 3.05) is 12.4 Å². The second kappa shape index (κ2) is 6.50. The molecule has 1 atom stereocenters. The molecule has 138 valence electrons. The lowest BCUT2D eigenvalue weighted by Crippen LogP contribution is -2.25. The lowest BCUT2D eigenvalue weighted by atomic mass is 9.84. The van der Waals surface area contributed by atoms with Gasteiger partial charge in [0.25, 0.3) is 0 Å². The maximum atomic E-state index is 12.4. The number of fused-ring (bicyclic) bond motifs is 1. The molecular formula is C20H21N5O2. The van der Waals surface area contributed by atoms with Gasteiger partial charge in [-0.1, -0.05) is 18.2 Å². The number of hydrogen-bond acceptors (Lipinski definition) is 5. The summed E-state index contributed by atoms with van der Waals surface area (Å²) in [5.41, 5.74) is 5.46. The van der Waals surface area contributed by atoms with Crippen LogP contribution in [0.15, 0.2) is 30.3 Å². The molecule has 0 saturated carbocycles. The summed E-state index contributed by atoms with van der Waals surface area (Å²) in [4.78, 5) is 12.4. The predicted octanol–water partition coefficient (Wildman–Crippen LogP) is 3.07. The van der Waals surface area contributed by atoms with Crippen molar-refractivity contribution in [1.82, 2.24) is 20.0 Å². The first-order chi connectivity index (χ1) is 13.0. The Labute approximate surface area is 157 Å². The second-order valence-corrected chi connectivity index (χ2v) is 6.84. The average Bonchev–Trinajstić information content (AvgIpc) is 3.00. The van der Waals surface area contributed by atoms with Gasteiger partial charge in [0.1, 0.15) is 5.82 Å². The van der Waals surface area contributed by atoms with E-state index in [2.05, 4.69) is 52.7 Å². The number of nitrogens with one attached hydrogen (secondary N) is 1. The molecule has 1 aliphatic rings. The van der Waals surface area contributed by atoms with E-state index in [0.717, 1.165) is 16.8 Å². The van der Waals surface area contributed by atoms with Gasteiger partial charge in [-0.25, -0.2) is 0 Å². The van der Waals surface area contributed by atoms with Gasteiger partial charge in [0, 0.05) is 24.0 Å². The maximum Gasteiger partial charge on any atom is 0.233 e. The van der Waals surface area contributed by atoms with Crippen LogP contribution in [0.3, 0.4) is 0 Å². The Bertz CT molecular complexity index is 1020. The molecule has 3 aromatic rings. The van der Waals surface area contributed by atoms with Gasteiger partial charge in [0.05, 0.1) is 12.8 Å². The molecule has 1 amide bonds. The van der Waals surface area contributed by atoms with Crippen LogP contribution in [0, 0.1) is 20.8 Å². The molecular weight excluding hydrogens is 342 g/mol. The topological polar surface area (TPSA) is 81.9 Å². The molecule has 0 saturated heterocycles. The number of aromatic nitrogens is 4. The number of amides is 1. The van der Waals surface area contributed by atoms with Gasteiger partial charge in [-0.15, -0.1) is 10.2 Å². The Balaban J connectivity index is 1.83. The van der Waals surface area contributed by atoms with Crippen LogP contribution < -0.4 is 10.1 Å². The molecule has 0 radical (unpaired) electrons. The van der Waals surface area contributed by atoms with Crippen LogP contribution in [-0.2, 0) is 4.79 Å². The van der Waals surface area contributed by atoms with Crippen LogP contribution in [-0.4, -0.2) is 33.0 Å². The molecule has 7 nitrogen and oxygen atoms in total. The minimum atomic E-state index is -0.0343.